The first kappa shape index (κ1) is 11.3. The number of nitrogens with zero attached hydrogens (tertiary/aromatic N) is 1. The first-order valence-electron chi connectivity index (χ1n) is 5.45. The van der Waals surface area contributed by atoms with Crippen LogP contribution in [0.25, 0.3) is 0 Å². The summed E-state index contributed by atoms with van der Waals surface area (Å²) < 4.78 is 0. The summed E-state index contributed by atoms with van der Waals surface area (Å²) in [6, 6.07) is -0.383. The third-order valence-corrected chi connectivity index (χ3v) is 2.84. The lowest BCUT2D eigenvalue weighted by Crippen LogP contribution is -2.42. The van der Waals surface area contributed by atoms with Gasteiger partial charge in [-0.2, -0.15) is 0 Å². The molecule has 1 saturated carbocycles. The molecule has 2 N–H and O–H groups in total. The molecule has 0 atom stereocenters. The number of hydroxylamine groups is 2. The van der Waals surface area contributed by atoms with E-state index in [-0.39, 0.29) is 6.04 Å². The highest BCUT2D eigenvalue weighted by Crippen LogP contribution is 2.20. The van der Waals surface area contributed by atoms with Gasteiger partial charge >= 0.3 is 6.03 Å². The molecule has 0 bridgehead atoms. The minimum atomic E-state index is -0.393. The summed E-state index contributed by atoms with van der Waals surface area (Å²) in [7, 11) is 1.54. The quantitative estimate of drug-likeness (QED) is 0.503. The van der Waals surface area contributed by atoms with Crippen LogP contribution in [0.15, 0.2) is 0 Å². The monoisotopic (exact) mass is 200 g/mol. The highest BCUT2D eigenvalue weighted by atomic mass is 16.5. The van der Waals surface area contributed by atoms with Gasteiger partial charge in [0.1, 0.15) is 0 Å². The molecule has 1 fully saturated rings. The molecule has 4 heteroatoms. The summed E-state index contributed by atoms with van der Waals surface area (Å²) in [6.45, 7) is 0. The van der Waals surface area contributed by atoms with Crippen LogP contribution in [0.3, 0.4) is 0 Å². The Labute approximate surface area is 85.2 Å². The highest BCUT2D eigenvalue weighted by molar-refractivity contribution is 5.72. The Morgan fingerprint density at radius 3 is 2.21 bits per heavy atom. The van der Waals surface area contributed by atoms with Crippen molar-refractivity contribution in [2.45, 2.75) is 51.0 Å². The Bertz CT molecular complexity index is 177. The Morgan fingerprint density at radius 1 is 1.21 bits per heavy atom. The average molecular weight is 200 g/mol. The molecule has 1 aliphatic rings. The molecular formula is C10H20N2O2. The van der Waals surface area contributed by atoms with Gasteiger partial charge in [-0.15, -0.1) is 0 Å². The Morgan fingerprint density at radius 2 is 1.71 bits per heavy atom. The second kappa shape index (κ2) is 5.86. The predicted molar refractivity (Wildman–Crippen MR) is 54.2 cm³/mol. The van der Waals surface area contributed by atoms with Gasteiger partial charge in [-0.3, -0.25) is 5.21 Å². The molecule has 0 aromatic carbocycles. The van der Waals surface area contributed by atoms with Crippen LogP contribution in [0.2, 0.25) is 0 Å². The van der Waals surface area contributed by atoms with Crippen molar-refractivity contribution in [3.8, 4) is 0 Å². The first-order valence-corrected chi connectivity index (χ1v) is 5.45. The predicted octanol–water partition coefficient (Wildman–Crippen LogP) is 2.13. The minimum Gasteiger partial charge on any atom is -0.339 e. The number of nitrogens with one attached hydrogen (secondary N) is 1. The summed E-state index contributed by atoms with van der Waals surface area (Å²) in [5.41, 5.74) is 0. The molecular weight excluding hydrogens is 180 g/mol. The third kappa shape index (κ3) is 3.18. The van der Waals surface area contributed by atoms with E-state index in [0.29, 0.717) is 0 Å². The summed E-state index contributed by atoms with van der Waals surface area (Å²) in [6.07, 6.45) is 7.79. The zero-order valence-electron chi connectivity index (χ0n) is 8.83. The molecule has 0 aliphatic heterocycles. The van der Waals surface area contributed by atoms with E-state index in [4.69, 9.17) is 0 Å². The van der Waals surface area contributed by atoms with Crippen LogP contribution in [0, 0.1) is 0 Å². The van der Waals surface area contributed by atoms with Gasteiger partial charge in [0.05, 0.1) is 6.04 Å². The number of carbonyl (C=O) groups excluding carboxylic acids is 1. The van der Waals surface area contributed by atoms with Crippen molar-refractivity contribution >= 4 is 6.03 Å². The summed E-state index contributed by atoms with van der Waals surface area (Å²) in [5.74, 6) is 0. The second-order valence-corrected chi connectivity index (χ2v) is 3.90. The second-order valence-electron chi connectivity index (χ2n) is 3.90. The largest absolute Gasteiger partial charge is 0.341 e. The lowest BCUT2D eigenvalue weighted by atomic mass is 9.97. The maximum atomic E-state index is 11.2. The molecule has 0 aromatic heterocycles. The smallest absolute Gasteiger partial charge is 0.339 e. The third-order valence-electron chi connectivity index (χ3n) is 2.84. The van der Waals surface area contributed by atoms with Crippen molar-refractivity contribution in [3.05, 3.63) is 0 Å². The van der Waals surface area contributed by atoms with E-state index in [1.165, 1.54) is 26.3 Å². The number of rotatable bonds is 1. The SMILES string of the molecule is CNC(=O)N(O)C1CCCCCCC1. The van der Waals surface area contributed by atoms with Crippen LogP contribution in [0.1, 0.15) is 44.9 Å². The molecule has 0 radical (unpaired) electrons. The zero-order chi connectivity index (χ0) is 10.4. The number of carbonyl (C=O) groups is 1. The molecule has 1 aliphatic carbocycles. The lowest BCUT2D eigenvalue weighted by Gasteiger charge is -2.27. The topological polar surface area (TPSA) is 52.6 Å². The van der Waals surface area contributed by atoms with Crippen molar-refractivity contribution in [3.63, 3.8) is 0 Å². The van der Waals surface area contributed by atoms with Crippen molar-refractivity contribution < 1.29 is 10.0 Å². The number of hydrogen-bond donors (Lipinski definition) is 2. The Hall–Kier alpha value is -0.770. The molecule has 1 rings (SSSR count). The normalized spacial score (nSPS) is 19.6. The molecule has 0 aromatic rings. The zero-order valence-corrected chi connectivity index (χ0v) is 8.83. The van der Waals surface area contributed by atoms with Crippen molar-refractivity contribution in [2.24, 2.45) is 0 Å². The minimum absolute atomic E-state index is 0.00949. The summed E-state index contributed by atoms with van der Waals surface area (Å²) >= 11 is 0. The molecule has 0 spiro atoms. The van der Waals surface area contributed by atoms with E-state index in [9.17, 15) is 10.0 Å². The fraction of sp³-hybridized carbons (Fsp3) is 0.900. The molecule has 14 heavy (non-hydrogen) atoms. The maximum absolute atomic E-state index is 11.2. The van der Waals surface area contributed by atoms with Gasteiger partial charge in [0.2, 0.25) is 0 Å². The van der Waals surface area contributed by atoms with Gasteiger partial charge in [-0.05, 0) is 12.8 Å². The summed E-state index contributed by atoms with van der Waals surface area (Å²) in [4.78, 5) is 11.2. The average Bonchev–Trinajstić information content (AvgIpc) is 2.15. The number of urea groups is 1. The van der Waals surface area contributed by atoms with Gasteiger partial charge in [-0.1, -0.05) is 32.1 Å². The van der Waals surface area contributed by atoms with Gasteiger partial charge in [0.15, 0.2) is 0 Å². The lowest BCUT2D eigenvalue weighted by molar-refractivity contribution is -0.0837. The fourth-order valence-corrected chi connectivity index (χ4v) is 1.96. The van der Waals surface area contributed by atoms with E-state index in [1.54, 1.807) is 0 Å². The number of hydrogen-bond acceptors (Lipinski definition) is 2. The van der Waals surface area contributed by atoms with Crippen LogP contribution in [0.5, 0.6) is 0 Å². The van der Waals surface area contributed by atoms with Crippen LogP contribution >= 0.6 is 0 Å². The maximum Gasteiger partial charge on any atom is 0.341 e. The van der Waals surface area contributed by atoms with Gasteiger partial charge in [0.25, 0.3) is 0 Å². The molecule has 2 amide bonds. The van der Waals surface area contributed by atoms with Crippen LogP contribution < -0.4 is 5.32 Å². The van der Waals surface area contributed by atoms with Crippen LogP contribution in [0.4, 0.5) is 4.79 Å². The van der Waals surface area contributed by atoms with Crippen LogP contribution in [-0.4, -0.2) is 29.4 Å². The van der Waals surface area contributed by atoms with E-state index in [0.717, 1.165) is 30.7 Å². The standard InChI is InChI=1S/C10H20N2O2/c1-11-10(13)12(14)9-7-5-3-2-4-6-8-9/h9,14H,2-8H2,1H3,(H,11,13). The molecule has 0 saturated heterocycles. The Kier molecular flexibility index (Phi) is 4.73. The van der Waals surface area contributed by atoms with Gasteiger partial charge in [0, 0.05) is 7.05 Å². The van der Waals surface area contributed by atoms with Gasteiger partial charge in [-0.25, -0.2) is 9.86 Å². The van der Waals surface area contributed by atoms with Crippen molar-refractivity contribution in [1.82, 2.24) is 10.4 Å². The highest BCUT2D eigenvalue weighted by Gasteiger charge is 2.21. The molecule has 0 unspecified atom stereocenters. The first-order chi connectivity index (χ1) is 6.75. The molecule has 4 nitrogen and oxygen atoms in total. The van der Waals surface area contributed by atoms with Crippen molar-refractivity contribution in [2.75, 3.05) is 7.05 Å². The number of amides is 2. The Balaban J connectivity index is 2.42. The van der Waals surface area contributed by atoms with Gasteiger partial charge < -0.3 is 5.32 Å². The van der Waals surface area contributed by atoms with E-state index < -0.39 is 6.03 Å². The summed E-state index contributed by atoms with van der Waals surface area (Å²) in [5, 5.41) is 12.9. The van der Waals surface area contributed by atoms with E-state index in [2.05, 4.69) is 5.32 Å². The van der Waals surface area contributed by atoms with Crippen molar-refractivity contribution in [1.29, 1.82) is 0 Å². The fourth-order valence-electron chi connectivity index (χ4n) is 1.96. The molecule has 82 valence electrons. The molecule has 0 heterocycles. The van der Waals surface area contributed by atoms with Crippen LogP contribution in [-0.2, 0) is 0 Å². The van der Waals surface area contributed by atoms with E-state index in [1.807, 2.05) is 0 Å². The van der Waals surface area contributed by atoms with E-state index >= 15 is 0 Å².